The second kappa shape index (κ2) is 5.58. The minimum Gasteiger partial charge on any atom is -0.378 e. The predicted octanol–water partition coefficient (Wildman–Crippen LogP) is 1.17. The number of hydrogen-bond donors (Lipinski definition) is 0. The van der Waals surface area contributed by atoms with Crippen LogP contribution in [-0.4, -0.2) is 41.5 Å². The van der Waals surface area contributed by atoms with E-state index >= 15 is 0 Å². The zero-order valence-electron chi connectivity index (χ0n) is 11.5. The van der Waals surface area contributed by atoms with Gasteiger partial charge in [0.2, 0.25) is 0 Å². The highest BCUT2D eigenvalue weighted by atomic mass is 32.2. The van der Waals surface area contributed by atoms with Crippen molar-refractivity contribution in [1.29, 1.82) is 0 Å². The molecule has 0 atom stereocenters. The molecule has 108 valence electrons. The summed E-state index contributed by atoms with van der Waals surface area (Å²) in [6, 6.07) is 0. The molecular formula is C12H21N3O3S. The monoisotopic (exact) mass is 287 g/mol. The van der Waals surface area contributed by atoms with Crippen LogP contribution in [0.2, 0.25) is 0 Å². The summed E-state index contributed by atoms with van der Waals surface area (Å²) in [5, 5.41) is 7.99. The summed E-state index contributed by atoms with van der Waals surface area (Å²) in [5.74, 6) is 0. The number of methoxy groups -OCH3 is 1. The fourth-order valence-corrected chi connectivity index (χ4v) is 4.16. The average Bonchev–Trinajstić information content (AvgIpc) is 2.77. The van der Waals surface area contributed by atoms with Crippen molar-refractivity contribution in [3.63, 3.8) is 0 Å². The lowest BCUT2D eigenvalue weighted by molar-refractivity contribution is 0.181. The fraction of sp³-hybridized carbons (Fsp3) is 0.833. The van der Waals surface area contributed by atoms with Crippen LogP contribution in [0.1, 0.15) is 37.8 Å². The first-order chi connectivity index (χ1) is 8.97. The minimum absolute atomic E-state index is 0.391. The Morgan fingerprint density at radius 3 is 2.63 bits per heavy atom. The molecule has 0 aromatic carbocycles. The smallest absolute Gasteiger partial charge is 0.154 e. The molecule has 1 fully saturated rings. The summed E-state index contributed by atoms with van der Waals surface area (Å²) in [4.78, 5) is 0. The van der Waals surface area contributed by atoms with Gasteiger partial charge in [-0.15, -0.1) is 5.10 Å². The SMILES string of the molecule is COCc1cn(CC2(S(C)(=O)=O)CCCCC2)nn1. The van der Waals surface area contributed by atoms with Gasteiger partial charge < -0.3 is 4.74 Å². The van der Waals surface area contributed by atoms with Gasteiger partial charge in [0.1, 0.15) is 5.69 Å². The average molecular weight is 287 g/mol. The Morgan fingerprint density at radius 1 is 1.37 bits per heavy atom. The molecular weight excluding hydrogens is 266 g/mol. The molecule has 0 radical (unpaired) electrons. The number of nitrogens with zero attached hydrogens (tertiary/aromatic N) is 3. The molecule has 0 amide bonds. The molecule has 1 aliphatic rings. The Bertz CT molecular complexity index is 518. The lowest BCUT2D eigenvalue weighted by Crippen LogP contribution is -2.44. The van der Waals surface area contributed by atoms with Crippen LogP contribution < -0.4 is 0 Å². The van der Waals surface area contributed by atoms with Crippen molar-refractivity contribution >= 4 is 9.84 Å². The highest BCUT2D eigenvalue weighted by molar-refractivity contribution is 7.92. The maximum atomic E-state index is 12.2. The molecule has 0 spiro atoms. The topological polar surface area (TPSA) is 74.1 Å². The van der Waals surface area contributed by atoms with E-state index in [2.05, 4.69) is 10.3 Å². The Morgan fingerprint density at radius 2 is 2.05 bits per heavy atom. The van der Waals surface area contributed by atoms with E-state index in [9.17, 15) is 8.42 Å². The summed E-state index contributed by atoms with van der Waals surface area (Å²) >= 11 is 0. The van der Waals surface area contributed by atoms with Crippen LogP contribution in [0.3, 0.4) is 0 Å². The van der Waals surface area contributed by atoms with Crippen LogP contribution in [0.25, 0.3) is 0 Å². The molecule has 1 aromatic rings. The molecule has 0 aliphatic heterocycles. The maximum absolute atomic E-state index is 12.2. The van der Waals surface area contributed by atoms with Crippen molar-refractivity contribution in [2.24, 2.45) is 0 Å². The quantitative estimate of drug-likeness (QED) is 0.812. The van der Waals surface area contributed by atoms with Gasteiger partial charge in [-0.3, -0.25) is 4.68 Å². The Hall–Kier alpha value is -0.950. The molecule has 7 heteroatoms. The molecule has 0 N–H and O–H groups in total. The third kappa shape index (κ3) is 3.14. The number of sulfone groups is 1. The van der Waals surface area contributed by atoms with E-state index in [-0.39, 0.29) is 0 Å². The van der Waals surface area contributed by atoms with Gasteiger partial charge in [-0.2, -0.15) is 0 Å². The summed E-state index contributed by atoms with van der Waals surface area (Å²) in [7, 11) is -1.51. The summed E-state index contributed by atoms with van der Waals surface area (Å²) < 4.78 is 30.3. The number of ether oxygens (including phenoxy) is 1. The first-order valence-electron chi connectivity index (χ1n) is 6.54. The lowest BCUT2D eigenvalue weighted by atomic mass is 9.88. The second-order valence-electron chi connectivity index (χ2n) is 5.36. The lowest BCUT2D eigenvalue weighted by Gasteiger charge is -2.35. The minimum atomic E-state index is -3.11. The van der Waals surface area contributed by atoms with Gasteiger partial charge in [0, 0.05) is 13.4 Å². The van der Waals surface area contributed by atoms with E-state index in [0.717, 1.165) is 25.0 Å². The van der Waals surface area contributed by atoms with Crippen molar-refractivity contribution in [1.82, 2.24) is 15.0 Å². The number of aromatic nitrogens is 3. The third-order valence-corrected chi connectivity index (χ3v) is 5.99. The second-order valence-corrected chi connectivity index (χ2v) is 7.77. The van der Waals surface area contributed by atoms with Crippen LogP contribution in [0, 0.1) is 0 Å². The standard InChI is InChI=1S/C12H21N3O3S/c1-18-9-11-8-15(14-13-11)10-12(19(2,16)17)6-4-3-5-7-12/h8H,3-7,9-10H2,1-2H3. The molecule has 0 unspecified atom stereocenters. The van der Waals surface area contributed by atoms with Gasteiger partial charge >= 0.3 is 0 Å². The molecule has 0 saturated heterocycles. The Labute approximate surface area is 114 Å². The summed E-state index contributed by atoms with van der Waals surface area (Å²) in [6.45, 7) is 0.786. The van der Waals surface area contributed by atoms with Crippen LogP contribution >= 0.6 is 0 Å². The molecule has 1 heterocycles. The third-order valence-electron chi connectivity index (χ3n) is 3.88. The largest absolute Gasteiger partial charge is 0.378 e. The molecule has 19 heavy (non-hydrogen) atoms. The molecule has 1 saturated carbocycles. The molecule has 6 nitrogen and oxygen atoms in total. The van der Waals surface area contributed by atoms with Gasteiger partial charge in [-0.25, -0.2) is 8.42 Å². The number of hydrogen-bond acceptors (Lipinski definition) is 5. The van der Waals surface area contributed by atoms with Gasteiger partial charge in [0.15, 0.2) is 9.84 Å². The normalized spacial score (nSPS) is 19.5. The van der Waals surface area contributed by atoms with Gasteiger partial charge in [0.25, 0.3) is 0 Å². The van der Waals surface area contributed by atoms with Crippen LogP contribution in [-0.2, 0) is 27.7 Å². The summed E-state index contributed by atoms with van der Waals surface area (Å²) in [6.07, 6.45) is 7.58. The van der Waals surface area contributed by atoms with Crippen molar-refractivity contribution in [3.05, 3.63) is 11.9 Å². The first kappa shape index (κ1) is 14.5. The van der Waals surface area contributed by atoms with Crippen molar-refractivity contribution in [2.45, 2.75) is 50.0 Å². The van der Waals surface area contributed by atoms with Crippen LogP contribution in [0.4, 0.5) is 0 Å². The predicted molar refractivity (Wildman–Crippen MR) is 71.4 cm³/mol. The van der Waals surface area contributed by atoms with E-state index in [1.54, 1.807) is 18.0 Å². The highest BCUT2D eigenvalue weighted by Gasteiger charge is 2.42. The van der Waals surface area contributed by atoms with E-state index < -0.39 is 14.6 Å². The van der Waals surface area contributed by atoms with Crippen LogP contribution in [0.15, 0.2) is 6.20 Å². The van der Waals surface area contributed by atoms with Crippen LogP contribution in [0.5, 0.6) is 0 Å². The Kier molecular flexibility index (Phi) is 4.25. The zero-order valence-corrected chi connectivity index (χ0v) is 12.3. The molecule has 1 aromatic heterocycles. The highest BCUT2D eigenvalue weighted by Crippen LogP contribution is 2.36. The van der Waals surface area contributed by atoms with Crippen molar-refractivity contribution < 1.29 is 13.2 Å². The van der Waals surface area contributed by atoms with E-state index in [1.807, 2.05) is 0 Å². The fourth-order valence-electron chi connectivity index (χ4n) is 2.77. The van der Waals surface area contributed by atoms with E-state index in [4.69, 9.17) is 4.74 Å². The van der Waals surface area contributed by atoms with Crippen molar-refractivity contribution in [2.75, 3.05) is 13.4 Å². The van der Waals surface area contributed by atoms with Gasteiger partial charge in [0.05, 0.1) is 24.1 Å². The van der Waals surface area contributed by atoms with E-state index in [1.165, 1.54) is 6.26 Å². The molecule has 0 bridgehead atoms. The van der Waals surface area contributed by atoms with Crippen molar-refractivity contribution in [3.8, 4) is 0 Å². The first-order valence-corrected chi connectivity index (χ1v) is 8.43. The maximum Gasteiger partial charge on any atom is 0.154 e. The van der Waals surface area contributed by atoms with Gasteiger partial charge in [-0.05, 0) is 12.8 Å². The zero-order chi connectivity index (χ0) is 13.9. The molecule has 1 aliphatic carbocycles. The Balaban J connectivity index is 2.20. The molecule has 2 rings (SSSR count). The van der Waals surface area contributed by atoms with E-state index in [0.29, 0.717) is 26.0 Å². The number of rotatable bonds is 5. The van der Waals surface area contributed by atoms with Gasteiger partial charge in [-0.1, -0.05) is 24.5 Å². The summed E-state index contributed by atoms with van der Waals surface area (Å²) in [5.41, 5.74) is 0.724.